The molecule has 4 nitrogen and oxygen atoms in total. The zero-order chi connectivity index (χ0) is 22.9. The number of carbonyl (C=O) groups excluding carboxylic acids is 2. The normalized spacial score (nSPS) is 17.8. The minimum Gasteiger partial charge on any atom is -0.465 e. The van der Waals surface area contributed by atoms with Gasteiger partial charge in [-0.05, 0) is 24.8 Å². The van der Waals surface area contributed by atoms with Crippen LogP contribution in [0.5, 0.6) is 0 Å². The molecule has 0 fully saturated rings. The van der Waals surface area contributed by atoms with E-state index in [1.54, 1.807) is 0 Å². The van der Waals surface area contributed by atoms with Crippen LogP contribution in [0.2, 0.25) is 0 Å². The van der Waals surface area contributed by atoms with Crippen molar-refractivity contribution in [3.63, 3.8) is 0 Å². The van der Waals surface area contributed by atoms with Gasteiger partial charge in [0, 0.05) is 6.42 Å². The first-order valence-electron chi connectivity index (χ1n) is 12.7. The molecule has 1 aromatic carbocycles. The van der Waals surface area contributed by atoms with Gasteiger partial charge in [0.05, 0.1) is 25.0 Å². The molecule has 0 aromatic heterocycles. The topological polar surface area (TPSA) is 52.6 Å². The van der Waals surface area contributed by atoms with Crippen LogP contribution in [0.3, 0.4) is 0 Å². The van der Waals surface area contributed by atoms with Crippen molar-refractivity contribution in [2.75, 3.05) is 13.2 Å². The highest BCUT2D eigenvalue weighted by Gasteiger charge is 2.36. The summed E-state index contributed by atoms with van der Waals surface area (Å²) in [6, 6.07) is 9.96. The summed E-state index contributed by atoms with van der Waals surface area (Å²) in [5, 5.41) is 0. The first kappa shape index (κ1) is 26.2. The molecule has 2 atom stereocenters. The van der Waals surface area contributed by atoms with Gasteiger partial charge < -0.3 is 9.47 Å². The van der Waals surface area contributed by atoms with Crippen LogP contribution in [-0.2, 0) is 25.5 Å². The first-order valence-corrected chi connectivity index (χ1v) is 12.7. The van der Waals surface area contributed by atoms with E-state index in [0.717, 1.165) is 18.4 Å². The van der Waals surface area contributed by atoms with Gasteiger partial charge in [-0.3, -0.25) is 9.59 Å². The van der Waals surface area contributed by atoms with Gasteiger partial charge in [0.1, 0.15) is 0 Å². The maximum Gasteiger partial charge on any atom is 0.310 e. The van der Waals surface area contributed by atoms with Gasteiger partial charge in [0.25, 0.3) is 0 Å². The van der Waals surface area contributed by atoms with E-state index in [9.17, 15) is 9.59 Å². The number of hydrogen-bond acceptors (Lipinski definition) is 4. The van der Waals surface area contributed by atoms with Crippen LogP contribution in [0, 0.1) is 11.8 Å². The molecule has 0 spiro atoms. The molecule has 0 bridgehead atoms. The second-order valence-corrected chi connectivity index (χ2v) is 8.91. The summed E-state index contributed by atoms with van der Waals surface area (Å²) in [7, 11) is 0. The van der Waals surface area contributed by atoms with Crippen LogP contribution >= 0.6 is 0 Å². The third-order valence-corrected chi connectivity index (χ3v) is 6.26. The van der Waals surface area contributed by atoms with E-state index in [0.29, 0.717) is 32.5 Å². The number of unbranched alkanes of at least 4 members (excludes halogenated alkanes) is 9. The minimum atomic E-state index is -0.434. The van der Waals surface area contributed by atoms with Gasteiger partial charge >= 0.3 is 11.9 Å². The fraction of sp³-hybridized carbons (Fsp3) is 0.643. The van der Waals surface area contributed by atoms with Gasteiger partial charge in [-0.15, -0.1) is 0 Å². The van der Waals surface area contributed by atoms with Crippen LogP contribution in [0.4, 0.5) is 0 Å². The molecule has 4 heteroatoms. The van der Waals surface area contributed by atoms with Gasteiger partial charge in [0.15, 0.2) is 0 Å². The van der Waals surface area contributed by atoms with Crippen LogP contribution in [-0.4, -0.2) is 25.2 Å². The zero-order valence-electron chi connectivity index (χ0n) is 19.9. The summed E-state index contributed by atoms with van der Waals surface area (Å²) in [5.41, 5.74) is 1.14. The predicted molar refractivity (Wildman–Crippen MR) is 129 cm³/mol. The molecular formula is C28H42O4. The molecule has 1 aliphatic carbocycles. The maximum absolute atomic E-state index is 12.6. The van der Waals surface area contributed by atoms with Gasteiger partial charge in [-0.25, -0.2) is 0 Å². The van der Waals surface area contributed by atoms with Crippen molar-refractivity contribution in [2.45, 2.75) is 90.4 Å². The lowest BCUT2D eigenvalue weighted by Gasteiger charge is -2.25. The highest BCUT2D eigenvalue weighted by molar-refractivity contribution is 5.82. The third-order valence-electron chi connectivity index (χ3n) is 6.26. The number of carbonyl (C=O) groups is 2. The number of rotatable bonds is 16. The minimum absolute atomic E-state index is 0.254. The Balaban J connectivity index is 1.59. The van der Waals surface area contributed by atoms with E-state index in [1.165, 1.54) is 51.4 Å². The third kappa shape index (κ3) is 10.5. The number of allylic oxidation sites excluding steroid dienone is 2. The van der Waals surface area contributed by atoms with Crippen molar-refractivity contribution in [3.05, 3.63) is 48.0 Å². The van der Waals surface area contributed by atoms with Gasteiger partial charge in [0.2, 0.25) is 0 Å². The monoisotopic (exact) mass is 442 g/mol. The summed E-state index contributed by atoms with van der Waals surface area (Å²) < 4.78 is 11.0. The van der Waals surface area contributed by atoms with E-state index in [2.05, 4.69) is 6.92 Å². The Morgan fingerprint density at radius 2 is 1.22 bits per heavy atom. The van der Waals surface area contributed by atoms with Crippen molar-refractivity contribution in [1.82, 2.24) is 0 Å². The fourth-order valence-electron chi connectivity index (χ4n) is 4.23. The second kappa shape index (κ2) is 16.5. The smallest absolute Gasteiger partial charge is 0.310 e. The molecule has 178 valence electrons. The van der Waals surface area contributed by atoms with Crippen molar-refractivity contribution in [3.8, 4) is 0 Å². The average Bonchev–Trinajstić information content (AvgIpc) is 2.83. The summed E-state index contributed by atoms with van der Waals surface area (Å²) in [4.78, 5) is 25.2. The zero-order valence-corrected chi connectivity index (χ0v) is 19.9. The summed E-state index contributed by atoms with van der Waals surface area (Å²) >= 11 is 0. The van der Waals surface area contributed by atoms with Crippen LogP contribution < -0.4 is 0 Å². The highest BCUT2D eigenvalue weighted by atomic mass is 16.5. The Morgan fingerprint density at radius 1 is 0.719 bits per heavy atom. The van der Waals surface area contributed by atoms with Crippen LogP contribution in [0.1, 0.15) is 89.5 Å². The van der Waals surface area contributed by atoms with E-state index in [-0.39, 0.29) is 11.9 Å². The van der Waals surface area contributed by atoms with E-state index in [1.807, 2.05) is 42.5 Å². The number of benzene rings is 1. The molecule has 0 heterocycles. The largest absolute Gasteiger partial charge is 0.465 e. The van der Waals surface area contributed by atoms with Crippen molar-refractivity contribution in [1.29, 1.82) is 0 Å². The molecule has 2 rings (SSSR count). The van der Waals surface area contributed by atoms with Crippen LogP contribution in [0.15, 0.2) is 42.5 Å². The lowest BCUT2D eigenvalue weighted by Crippen LogP contribution is -2.34. The average molecular weight is 443 g/mol. The molecule has 0 amide bonds. The lowest BCUT2D eigenvalue weighted by molar-refractivity contribution is -0.161. The molecule has 0 saturated carbocycles. The van der Waals surface area contributed by atoms with E-state index >= 15 is 0 Å². The molecule has 0 radical (unpaired) electrons. The molecule has 1 aromatic rings. The van der Waals surface area contributed by atoms with Crippen molar-refractivity contribution < 1.29 is 19.1 Å². The molecule has 0 saturated heterocycles. The number of hydrogen-bond donors (Lipinski definition) is 0. The molecule has 0 N–H and O–H groups in total. The van der Waals surface area contributed by atoms with Gasteiger partial charge in [-0.2, -0.15) is 0 Å². The summed E-state index contributed by atoms with van der Waals surface area (Å²) in [6.45, 7) is 3.03. The molecular weight excluding hydrogens is 400 g/mol. The fourth-order valence-corrected chi connectivity index (χ4v) is 4.23. The lowest BCUT2D eigenvalue weighted by atomic mass is 9.83. The highest BCUT2D eigenvalue weighted by Crippen LogP contribution is 2.28. The van der Waals surface area contributed by atoms with E-state index < -0.39 is 11.8 Å². The summed E-state index contributed by atoms with van der Waals surface area (Å²) in [6.07, 6.45) is 18.2. The maximum atomic E-state index is 12.6. The quantitative estimate of drug-likeness (QED) is 0.160. The van der Waals surface area contributed by atoms with E-state index in [4.69, 9.17) is 9.47 Å². The van der Waals surface area contributed by atoms with Crippen molar-refractivity contribution in [2.24, 2.45) is 11.8 Å². The Hall–Kier alpha value is -2.10. The molecule has 32 heavy (non-hydrogen) atoms. The molecule has 0 aliphatic heterocycles. The first-order chi connectivity index (χ1) is 15.7. The van der Waals surface area contributed by atoms with Gasteiger partial charge in [-0.1, -0.05) is 107 Å². The summed E-state index contributed by atoms with van der Waals surface area (Å²) in [5.74, 6) is -1.40. The van der Waals surface area contributed by atoms with Crippen LogP contribution in [0.25, 0.3) is 0 Å². The Bertz CT molecular complexity index is 667. The second-order valence-electron chi connectivity index (χ2n) is 8.91. The Kier molecular flexibility index (Phi) is 13.5. The SMILES string of the molecule is CCCCCCCCCCCCOC(=O)C1CC=CCC1C(=O)OCCc1ccccc1. The molecule has 2 unspecified atom stereocenters. The Labute approximate surface area is 194 Å². The number of esters is 2. The Morgan fingerprint density at radius 3 is 1.78 bits per heavy atom. The van der Waals surface area contributed by atoms with Crippen molar-refractivity contribution >= 4 is 11.9 Å². The predicted octanol–water partition coefficient (Wildman–Crippen LogP) is 6.82. The standard InChI is InChI=1S/C28H42O4/c1-2-3-4-5-6-7-8-9-10-16-22-31-27(29)25-19-14-15-20-26(25)28(30)32-23-21-24-17-12-11-13-18-24/h11-15,17-18,25-26H,2-10,16,19-23H2,1H3. The molecule has 1 aliphatic rings. The number of ether oxygens (including phenoxy) is 2.